The van der Waals surface area contributed by atoms with Crippen LogP contribution in [0.15, 0.2) is 24.3 Å². The van der Waals surface area contributed by atoms with Gasteiger partial charge in [-0.15, -0.1) is 0 Å². The first-order chi connectivity index (χ1) is 8.52. The van der Waals surface area contributed by atoms with Crippen molar-refractivity contribution < 1.29 is 19.4 Å². The molecule has 0 heterocycles. The quantitative estimate of drug-likeness (QED) is 0.819. The first-order valence-electron chi connectivity index (χ1n) is 5.90. The van der Waals surface area contributed by atoms with Gasteiger partial charge in [0.1, 0.15) is 11.9 Å². The van der Waals surface area contributed by atoms with E-state index in [1.165, 1.54) is 30.1 Å². The normalized spacial score (nSPS) is 27.2. The summed E-state index contributed by atoms with van der Waals surface area (Å²) in [6.45, 7) is 0. The zero-order valence-corrected chi connectivity index (χ0v) is 10.1. The van der Waals surface area contributed by atoms with Crippen molar-refractivity contribution in [3.05, 3.63) is 35.6 Å². The summed E-state index contributed by atoms with van der Waals surface area (Å²) in [5.74, 6) is -1.06. The lowest BCUT2D eigenvalue weighted by atomic mass is 10.1. The molecule has 1 aromatic rings. The molecule has 0 unspecified atom stereocenters. The summed E-state index contributed by atoms with van der Waals surface area (Å²) in [5, 5.41) is 19.2. The molecule has 1 amide bonds. The van der Waals surface area contributed by atoms with Gasteiger partial charge in [0, 0.05) is 7.05 Å². The molecule has 2 rings (SSSR count). The number of rotatable bonds is 2. The Bertz CT molecular complexity index is 452. The summed E-state index contributed by atoms with van der Waals surface area (Å²) < 4.78 is 13.5. The summed E-state index contributed by atoms with van der Waals surface area (Å²) in [6, 6.07) is 5.27. The van der Waals surface area contributed by atoms with Gasteiger partial charge in [-0.1, -0.05) is 12.1 Å². The molecule has 1 saturated carbocycles. The van der Waals surface area contributed by atoms with Gasteiger partial charge in [0.05, 0.1) is 17.7 Å². The molecular weight excluding hydrogens is 237 g/mol. The molecule has 1 aliphatic rings. The van der Waals surface area contributed by atoms with Crippen LogP contribution >= 0.6 is 0 Å². The number of aliphatic hydroxyl groups excluding tert-OH is 2. The summed E-state index contributed by atoms with van der Waals surface area (Å²) >= 11 is 0. The third-order valence-corrected chi connectivity index (χ3v) is 3.47. The van der Waals surface area contributed by atoms with E-state index in [2.05, 4.69) is 0 Å². The maximum Gasteiger partial charge on any atom is 0.256 e. The van der Waals surface area contributed by atoms with Crippen molar-refractivity contribution in [2.45, 2.75) is 31.1 Å². The van der Waals surface area contributed by atoms with Gasteiger partial charge in [-0.25, -0.2) is 4.39 Å². The van der Waals surface area contributed by atoms with Gasteiger partial charge in [-0.2, -0.15) is 0 Å². The zero-order chi connectivity index (χ0) is 13.3. The van der Waals surface area contributed by atoms with Crippen LogP contribution in [0.25, 0.3) is 0 Å². The topological polar surface area (TPSA) is 60.8 Å². The number of aliphatic hydroxyl groups is 2. The number of halogens is 1. The Morgan fingerprint density at radius 2 is 2.00 bits per heavy atom. The average Bonchev–Trinajstić information content (AvgIpc) is 2.69. The molecule has 0 spiro atoms. The lowest BCUT2D eigenvalue weighted by Gasteiger charge is -2.27. The highest BCUT2D eigenvalue weighted by Crippen LogP contribution is 2.25. The molecule has 0 aromatic heterocycles. The Morgan fingerprint density at radius 3 is 2.56 bits per heavy atom. The van der Waals surface area contributed by atoms with Crippen molar-refractivity contribution >= 4 is 5.91 Å². The summed E-state index contributed by atoms with van der Waals surface area (Å²) in [4.78, 5) is 13.4. The fourth-order valence-corrected chi connectivity index (χ4v) is 2.34. The van der Waals surface area contributed by atoms with Crippen LogP contribution < -0.4 is 0 Å². The van der Waals surface area contributed by atoms with Crippen molar-refractivity contribution in [3.8, 4) is 0 Å². The molecule has 0 bridgehead atoms. The van der Waals surface area contributed by atoms with Crippen LogP contribution in [0.2, 0.25) is 0 Å². The third-order valence-electron chi connectivity index (χ3n) is 3.47. The lowest BCUT2D eigenvalue weighted by Crippen LogP contribution is -2.44. The van der Waals surface area contributed by atoms with Crippen LogP contribution in [-0.2, 0) is 0 Å². The standard InChI is InChI=1S/C13H16FNO3/c1-15(10-6-7-11(16)12(10)17)13(18)8-4-2-3-5-9(8)14/h2-5,10-12,16-17H,6-7H2,1H3/t10-,11-,12-/m1/s1. The van der Waals surface area contributed by atoms with Crippen molar-refractivity contribution in [2.75, 3.05) is 7.05 Å². The van der Waals surface area contributed by atoms with Crippen LogP contribution in [0.1, 0.15) is 23.2 Å². The Kier molecular flexibility index (Phi) is 3.63. The number of benzene rings is 1. The lowest BCUT2D eigenvalue weighted by molar-refractivity contribution is 0.00646. The van der Waals surface area contributed by atoms with Crippen LogP contribution in [0.5, 0.6) is 0 Å². The Morgan fingerprint density at radius 1 is 1.33 bits per heavy atom. The Hall–Kier alpha value is -1.46. The minimum Gasteiger partial charge on any atom is -0.390 e. The number of nitrogens with zero attached hydrogens (tertiary/aromatic N) is 1. The van der Waals surface area contributed by atoms with E-state index in [0.717, 1.165) is 0 Å². The number of carbonyl (C=O) groups excluding carboxylic acids is 1. The molecule has 98 valence electrons. The van der Waals surface area contributed by atoms with Gasteiger partial charge < -0.3 is 15.1 Å². The molecule has 18 heavy (non-hydrogen) atoms. The maximum absolute atomic E-state index is 13.5. The van der Waals surface area contributed by atoms with E-state index in [1.807, 2.05) is 0 Å². The van der Waals surface area contributed by atoms with Crippen molar-refractivity contribution in [2.24, 2.45) is 0 Å². The Labute approximate surface area is 105 Å². The molecule has 4 nitrogen and oxygen atoms in total. The summed E-state index contributed by atoms with van der Waals surface area (Å²) in [6.07, 6.45) is -0.823. The summed E-state index contributed by atoms with van der Waals surface area (Å²) in [7, 11) is 1.51. The fourth-order valence-electron chi connectivity index (χ4n) is 2.34. The molecule has 1 aliphatic carbocycles. The van der Waals surface area contributed by atoms with Gasteiger partial charge >= 0.3 is 0 Å². The van der Waals surface area contributed by atoms with Crippen molar-refractivity contribution in [3.63, 3.8) is 0 Å². The second-order valence-corrected chi connectivity index (χ2v) is 4.60. The summed E-state index contributed by atoms with van der Waals surface area (Å²) in [5.41, 5.74) is -0.0198. The predicted molar refractivity (Wildman–Crippen MR) is 63.5 cm³/mol. The van der Waals surface area contributed by atoms with Crippen molar-refractivity contribution in [1.82, 2.24) is 4.90 Å². The first kappa shape index (κ1) is 13.0. The van der Waals surface area contributed by atoms with Gasteiger partial charge in [0.15, 0.2) is 0 Å². The Balaban J connectivity index is 2.17. The smallest absolute Gasteiger partial charge is 0.256 e. The second kappa shape index (κ2) is 5.04. The van der Waals surface area contributed by atoms with E-state index in [9.17, 15) is 19.4 Å². The second-order valence-electron chi connectivity index (χ2n) is 4.60. The number of likely N-dealkylation sites (N-methyl/N-ethyl adjacent to an activating group) is 1. The highest BCUT2D eigenvalue weighted by molar-refractivity contribution is 5.94. The van der Waals surface area contributed by atoms with Crippen LogP contribution in [0.3, 0.4) is 0 Å². The molecule has 1 fully saturated rings. The minimum absolute atomic E-state index is 0.0198. The van der Waals surface area contributed by atoms with Crippen LogP contribution in [0, 0.1) is 5.82 Å². The molecule has 1 aromatic carbocycles. The van der Waals surface area contributed by atoms with Crippen molar-refractivity contribution in [1.29, 1.82) is 0 Å². The van der Waals surface area contributed by atoms with Gasteiger partial charge in [-0.3, -0.25) is 4.79 Å². The predicted octanol–water partition coefficient (Wildman–Crippen LogP) is 0.782. The van der Waals surface area contributed by atoms with E-state index >= 15 is 0 Å². The molecule has 0 radical (unpaired) electrons. The van der Waals surface area contributed by atoms with E-state index < -0.39 is 30.0 Å². The highest BCUT2D eigenvalue weighted by atomic mass is 19.1. The van der Waals surface area contributed by atoms with E-state index in [4.69, 9.17) is 0 Å². The highest BCUT2D eigenvalue weighted by Gasteiger charge is 2.38. The number of hydrogen-bond acceptors (Lipinski definition) is 3. The van der Waals surface area contributed by atoms with E-state index in [-0.39, 0.29) is 5.56 Å². The van der Waals surface area contributed by atoms with Gasteiger partial charge in [0.25, 0.3) is 5.91 Å². The average molecular weight is 253 g/mol. The maximum atomic E-state index is 13.5. The number of hydrogen-bond donors (Lipinski definition) is 2. The van der Waals surface area contributed by atoms with Crippen LogP contribution in [0.4, 0.5) is 4.39 Å². The van der Waals surface area contributed by atoms with Crippen LogP contribution in [-0.4, -0.2) is 46.3 Å². The first-order valence-corrected chi connectivity index (χ1v) is 5.90. The fraction of sp³-hybridized carbons (Fsp3) is 0.462. The SMILES string of the molecule is CN(C(=O)c1ccccc1F)[C@@H]1CC[C@@H](O)[C@@H]1O. The number of carbonyl (C=O) groups is 1. The molecule has 3 atom stereocenters. The zero-order valence-electron chi connectivity index (χ0n) is 10.1. The number of amides is 1. The monoisotopic (exact) mass is 253 g/mol. The van der Waals surface area contributed by atoms with Gasteiger partial charge in [-0.05, 0) is 25.0 Å². The molecular formula is C13H16FNO3. The molecule has 2 N–H and O–H groups in total. The molecule has 0 aliphatic heterocycles. The van der Waals surface area contributed by atoms with Gasteiger partial charge in [0.2, 0.25) is 0 Å². The van der Waals surface area contributed by atoms with E-state index in [1.54, 1.807) is 6.07 Å². The minimum atomic E-state index is -0.967. The molecule has 0 saturated heterocycles. The largest absolute Gasteiger partial charge is 0.390 e. The van der Waals surface area contributed by atoms with E-state index in [0.29, 0.717) is 12.8 Å². The molecule has 5 heteroatoms. The third kappa shape index (κ3) is 2.23.